The Balaban J connectivity index is 1.45. The number of hydrogen-bond donors (Lipinski definition) is 2. The van der Waals surface area contributed by atoms with E-state index in [1.54, 1.807) is 0 Å². The van der Waals surface area contributed by atoms with Crippen LogP contribution >= 0.6 is 0 Å². The topological polar surface area (TPSA) is 105 Å². The van der Waals surface area contributed by atoms with Gasteiger partial charge in [-0.25, -0.2) is 13.6 Å². The molecule has 3 rings (SSSR count). The molecule has 1 aliphatic rings. The number of benzene rings is 2. The fraction of sp³-hybridized carbons (Fsp3) is 0.381. The number of carbonyl (C=O) groups is 1. The molecule has 30 heavy (non-hydrogen) atoms. The van der Waals surface area contributed by atoms with Crippen molar-refractivity contribution in [2.24, 2.45) is 5.14 Å². The Hall–Kier alpha value is -2.62. The summed E-state index contributed by atoms with van der Waals surface area (Å²) in [5.41, 5.74) is 1.66. The molecule has 1 heterocycles. The molecule has 0 aromatic heterocycles. The first-order valence-electron chi connectivity index (χ1n) is 9.98. The maximum atomic E-state index is 12.2. The largest absolute Gasteiger partial charge is 0.492 e. The molecule has 162 valence electrons. The van der Waals surface area contributed by atoms with Gasteiger partial charge in [-0.2, -0.15) is 0 Å². The van der Waals surface area contributed by atoms with E-state index in [0.29, 0.717) is 25.3 Å². The smallest absolute Gasteiger partial charge is 0.238 e. The standard InChI is InChI=1S/C21H28N4O4S/c1-2-29-20-6-4-3-5-19(20)25-15-13-24(14-16-25)12-11-21(26)23-17-7-9-18(10-8-17)30(22,27)28/h3-10H,2,11-16H2,1H3,(H,23,26)(H2,22,27,28). The summed E-state index contributed by atoms with van der Waals surface area (Å²) in [6, 6.07) is 13.9. The van der Waals surface area contributed by atoms with Gasteiger partial charge >= 0.3 is 0 Å². The number of sulfonamides is 1. The first kappa shape index (κ1) is 22.1. The van der Waals surface area contributed by atoms with Crippen LogP contribution in [0.25, 0.3) is 0 Å². The molecule has 0 aliphatic carbocycles. The predicted molar refractivity (Wildman–Crippen MR) is 117 cm³/mol. The summed E-state index contributed by atoms with van der Waals surface area (Å²) in [6.45, 7) is 6.78. The van der Waals surface area contributed by atoms with Crippen LogP contribution in [0.5, 0.6) is 5.75 Å². The van der Waals surface area contributed by atoms with Gasteiger partial charge in [0.15, 0.2) is 0 Å². The van der Waals surface area contributed by atoms with E-state index >= 15 is 0 Å². The predicted octanol–water partition coefficient (Wildman–Crippen LogP) is 1.88. The summed E-state index contributed by atoms with van der Waals surface area (Å²) in [4.78, 5) is 16.8. The van der Waals surface area contributed by atoms with E-state index in [-0.39, 0.29) is 10.8 Å². The van der Waals surface area contributed by atoms with E-state index in [1.807, 2.05) is 25.1 Å². The number of rotatable bonds is 8. The van der Waals surface area contributed by atoms with E-state index in [1.165, 1.54) is 24.3 Å². The second kappa shape index (κ2) is 9.92. The molecule has 0 spiro atoms. The van der Waals surface area contributed by atoms with Gasteiger partial charge in [-0.15, -0.1) is 0 Å². The fourth-order valence-electron chi connectivity index (χ4n) is 3.42. The highest BCUT2D eigenvalue weighted by Crippen LogP contribution is 2.28. The van der Waals surface area contributed by atoms with Crippen LogP contribution in [0.3, 0.4) is 0 Å². The van der Waals surface area contributed by atoms with Crippen molar-refractivity contribution in [3.05, 3.63) is 48.5 Å². The van der Waals surface area contributed by atoms with Crippen LogP contribution in [0.15, 0.2) is 53.4 Å². The molecule has 1 amide bonds. The molecule has 9 heteroatoms. The van der Waals surface area contributed by atoms with Gasteiger partial charge in [-0.05, 0) is 43.3 Å². The van der Waals surface area contributed by atoms with Crippen molar-refractivity contribution in [1.29, 1.82) is 0 Å². The van der Waals surface area contributed by atoms with Crippen LogP contribution in [0.4, 0.5) is 11.4 Å². The van der Waals surface area contributed by atoms with Crippen LogP contribution in [0.2, 0.25) is 0 Å². The lowest BCUT2D eigenvalue weighted by molar-refractivity contribution is -0.116. The van der Waals surface area contributed by atoms with Crippen LogP contribution < -0.4 is 20.1 Å². The molecule has 1 saturated heterocycles. The molecule has 0 atom stereocenters. The van der Waals surface area contributed by atoms with Crippen molar-refractivity contribution in [2.75, 3.05) is 49.5 Å². The minimum Gasteiger partial charge on any atom is -0.492 e. The Morgan fingerprint density at radius 2 is 1.73 bits per heavy atom. The van der Waals surface area contributed by atoms with Crippen molar-refractivity contribution in [3.63, 3.8) is 0 Å². The molecule has 2 aromatic rings. The van der Waals surface area contributed by atoms with Gasteiger partial charge < -0.3 is 15.0 Å². The quantitative estimate of drug-likeness (QED) is 0.660. The second-order valence-corrected chi connectivity index (χ2v) is 8.66. The molecule has 8 nitrogen and oxygen atoms in total. The van der Waals surface area contributed by atoms with Gasteiger partial charge in [-0.1, -0.05) is 12.1 Å². The minimum atomic E-state index is -3.73. The van der Waals surface area contributed by atoms with Gasteiger partial charge in [0.2, 0.25) is 15.9 Å². The number of primary sulfonamides is 1. The average molecular weight is 433 g/mol. The second-order valence-electron chi connectivity index (χ2n) is 7.10. The summed E-state index contributed by atoms with van der Waals surface area (Å²) < 4.78 is 28.3. The van der Waals surface area contributed by atoms with Gasteiger partial charge in [0.25, 0.3) is 0 Å². The lowest BCUT2D eigenvalue weighted by Gasteiger charge is -2.36. The first-order chi connectivity index (χ1) is 14.4. The van der Waals surface area contributed by atoms with Gasteiger partial charge in [0, 0.05) is 44.8 Å². The summed E-state index contributed by atoms with van der Waals surface area (Å²) in [5.74, 6) is 0.795. The van der Waals surface area contributed by atoms with Gasteiger partial charge in [0.1, 0.15) is 5.75 Å². The Morgan fingerprint density at radius 1 is 1.07 bits per heavy atom. The molecule has 3 N–H and O–H groups in total. The van der Waals surface area contributed by atoms with Crippen molar-refractivity contribution < 1.29 is 17.9 Å². The van der Waals surface area contributed by atoms with Gasteiger partial charge in [-0.3, -0.25) is 9.69 Å². The number of anilines is 2. The molecule has 0 saturated carbocycles. The number of nitrogens with zero attached hydrogens (tertiary/aromatic N) is 2. The highest BCUT2D eigenvalue weighted by molar-refractivity contribution is 7.89. The van der Waals surface area contributed by atoms with Crippen LogP contribution in [0.1, 0.15) is 13.3 Å². The number of carbonyl (C=O) groups excluding carboxylic acids is 1. The molecule has 0 radical (unpaired) electrons. The lowest BCUT2D eigenvalue weighted by Crippen LogP contribution is -2.47. The maximum Gasteiger partial charge on any atom is 0.238 e. The molecule has 1 fully saturated rings. The molecular weight excluding hydrogens is 404 g/mol. The molecule has 1 aliphatic heterocycles. The van der Waals surface area contributed by atoms with E-state index in [2.05, 4.69) is 21.2 Å². The number of nitrogens with one attached hydrogen (secondary N) is 1. The number of nitrogens with two attached hydrogens (primary N) is 1. The molecular formula is C21H28N4O4S. The molecule has 0 unspecified atom stereocenters. The Bertz CT molecular complexity index is 955. The molecule has 0 bridgehead atoms. The van der Waals surface area contributed by atoms with Crippen LogP contribution in [0, 0.1) is 0 Å². The third-order valence-corrected chi connectivity index (χ3v) is 5.93. The third-order valence-electron chi connectivity index (χ3n) is 5.00. The number of hydrogen-bond acceptors (Lipinski definition) is 6. The maximum absolute atomic E-state index is 12.2. The number of ether oxygens (including phenoxy) is 1. The summed E-state index contributed by atoms with van der Waals surface area (Å²) in [7, 11) is -3.73. The number of para-hydroxylation sites is 2. The highest BCUT2D eigenvalue weighted by Gasteiger charge is 2.20. The fourth-order valence-corrected chi connectivity index (χ4v) is 3.93. The normalized spacial score (nSPS) is 15.1. The highest BCUT2D eigenvalue weighted by atomic mass is 32.2. The zero-order valence-electron chi connectivity index (χ0n) is 17.1. The summed E-state index contributed by atoms with van der Waals surface area (Å²) >= 11 is 0. The van der Waals surface area contributed by atoms with Crippen molar-refractivity contribution >= 4 is 27.3 Å². The monoisotopic (exact) mass is 432 g/mol. The first-order valence-corrected chi connectivity index (χ1v) is 11.5. The number of amides is 1. The zero-order valence-corrected chi connectivity index (χ0v) is 17.9. The number of piperazine rings is 1. The van der Waals surface area contributed by atoms with Crippen LogP contribution in [-0.2, 0) is 14.8 Å². The van der Waals surface area contributed by atoms with E-state index in [9.17, 15) is 13.2 Å². The van der Waals surface area contributed by atoms with Crippen molar-refractivity contribution in [3.8, 4) is 5.75 Å². The van der Waals surface area contributed by atoms with Crippen molar-refractivity contribution in [2.45, 2.75) is 18.2 Å². The van der Waals surface area contributed by atoms with Crippen molar-refractivity contribution in [1.82, 2.24) is 4.90 Å². The Labute approximate surface area is 177 Å². The summed E-state index contributed by atoms with van der Waals surface area (Å²) in [5, 5.41) is 7.87. The SMILES string of the molecule is CCOc1ccccc1N1CCN(CCC(=O)Nc2ccc(S(N)(=O)=O)cc2)CC1. The van der Waals surface area contributed by atoms with E-state index < -0.39 is 10.0 Å². The molecule has 2 aromatic carbocycles. The third kappa shape index (κ3) is 5.94. The summed E-state index contributed by atoms with van der Waals surface area (Å²) in [6.07, 6.45) is 0.368. The Morgan fingerprint density at radius 3 is 2.37 bits per heavy atom. The minimum absolute atomic E-state index is 0.0179. The van der Waals surface area contributed by atoms with Crippen LogP contribution in [-0.4, -0.2) is 58.6 Å². The Kier molecular flexibility index (Phi) is 7.30. The van der Waals surface area contributed by atoms with E-state index in [4.69, 9.17) is 9.88 Å². The zero-order chi connectivity index (χ0) is 21.6. The average Bonchev–Trinajstić information content (AvgIpc) is 2.73. The van der Waals surface area contributed by atoms with Gasteiger partial charge in [0.05, 0.1) is 17.2 Å². The lowest BCUT2D eigenvalue weighted by atomic mass is 10.2. The van der Waals surface area contributed by atoms with E-state index in [0.717, 1.165) is 37.6 Å².